The molecule has 0 N–H and O–H groups in total. The van der Waals surface area contributed by atoms with Gasteiger partial charge in [0.1, 0.15) is 17.9 Å². The monoisotopic (exact) mass is 343 g/mol. The maximum atomic E-state index is 12.9. The Morgan fingerprint density at radius 2 is 1.96 bits per heavy atom. The van der Waals surface area contributed by atoms with Crippen LogP contribution in [0.15, 0.2) is 60.0 Å². The van der Waals surface area contributed by atoms with Crippen molar-refractivity contribution in [3.05, 3.63) is 66.2 Å². The molecule has 3 aromatic rings. The number of thioether (sulfide) groups is 1. The number of ether oxygens (including phenoxy) is 1. The molecule has 3 rings (SSSR count). The highest BCUT2D eigenvalue weighted by Gasteiger charge is 2.14. The Morgan fingerprint density at radius 3 is 2.71 bits per heavy atom. The van der Waals surface area contributed by atoms with Gasteiger partial charge in [0.2, 0.25) is 0 Å². The van der Waals surface area contributed by atoms with Crippen LogP contribution in [0, 0.1) is 5.82 Å². The molecule has 2 aromatic carbocycles. The van der Waals surface area contributed by atoms with E-state index in [0.717, 1.165) is 5.69 Å². The average molecular weight is 343 g/mol. The van der Waals surface area contributed by atoms with Crippen LogP contribution in [0.2, 0.25) is 0 Å². The van der Waals surface area contributed by atoms with Crippen LogP contribution in [0.4, 0.5) is 4.39 Å². The summed E-state index contributed by atoms with van der Waals surface area (Å²) >= 11 is 1.27. The van der Waals surface area contributed by atoms with Gasteiger partial charge in [-0.05, 0) is 36.4 Å². The van der Waals surface area contributed by atoms with Gasteiger partial charge in [-0.25, -0.2) is 4.39 Å². The van der Waals surface area contributed by atoms with E-state index in [-0.39, 0.29) is 17.4 Å². The van der Waals surface area contributed by atoms with Crippen LogP contribution >= 0.6 is 11.8 Å². The Morgan fingerprint density at radius 1 is 1.21 bits per heavy atom. The van der Waals surface area contributed by atoms with Gasteiger partial charge in [-0.3, -0.25) is 9.36 Å². The molecule has 0 radical (unpaired) electrons. The number of para-hydroxylation sites is 2. The predicted octanol–water partition coefficient (Wildman–Crippen LogP) is 3.39. The number of hydrogen-bond acceptors (Lipinski definition) is 5. The van der Waals surface area contributed by atoms with Gasteiger partial charge < -0.3 is 4.74 Å². The average Bonchev–Trinajstić information content (AvgIpc) is 3.08. The largest absolute Gasteiger partial charge is 0.495 e. The summed E-state index contributed by atoms with van der Waals surface area (Å²) in [6, 6.07) is 13.0. The Balaban J connectivity index is 1.76. The summed E-state index contributed by atoms with van der Waals surface area (Å²) in [6.07, 6.45) is 1.57. The number of benzene rings is 2. The van der Waals surface area contributed by atoms with Crippen molar-refractivity contribution in [2.75, 3.05) is 12.9 Å². The van der Waals surface area contributed by atoms with Crippen molar-refractivity contribution in [3.63, 3.8) is 0 Å². The fourth-order valence-electron chi connectivity index (χ4n) is 2.17. The smallest absolute Gasteiger partial charge is 0.196 e. The molecule has 0 fully saturated rings. The van der Waals surface area contributed by atoms with Crippen molar-refractivity contribution in [1.29, 1.82) is 0 Å². The molecular formula is C17H14FN3O2S. The number of carbonyl (C=O) groups is 1. The number of aromatic nitrogens is 3. The number of nitrogens with zero attached hydrogens (tertiary/aromatic N) is 3. The highest BCUT2D eigenvalue weighted by molar-refractivity contribution is 7.99. The number of ketones is 1. The van der Waals surface area contributed by atoms with Crippen molar-refractivity contribution in [2.24, 2.45) is 0 Å². The van der Waals surface area contributed by atoms with Crippen molar-refractivity contribution in [2.45, 2.75) is 5.16 Å². The van der Waals surface area contributed by atoms with Crippen LogP contribution in [0.5, 0.6) is 5.75 Å². The van der Waals surface area contributed by atoms with Gasteiger partial charge in [-0.15, -0.1) is 10.2 Å². The Bertz CT molecular complexity index is 849. The number of carbonyl (C=O) groups excluding carboxylic acids is 1. The highest BCUT2D eigenvalue weighted by atomic mass is 32.2. The first-order chi connectivity index (χ1) is 11.7. The van der Waals surface area contributed by atoms with E-state index in [2.05, 4.69) is 10.2 Å². The zero-order chi connectivity index (χ0) is 16.9. The zero-order valence-electron chi connectivity index (χ0n) is 12.8. The highest BCUT2D eigenvalue weighted by Crippen LogP contribution is 2.26. The minimum Gasteiger partial charge on any atom is -0.495 e. The summed E-state index contributed by atoms with van der Waals surface area (Å²) in [5.41, 5.74) is 1.26. The van der Waals surface area contributed by atoms with Crippen LogP contribution in [0.25, 0.3) is 5.69 Å². The molecule has 0 spiro atoms. The number of halogens is 1. The maximum Gasteiger partial charge on any atom is 0.196 e. The van der Waals surface area contributed by atoms with Crippen LogP contribution in [-0.4, -0.2) is 33.4 Å². The van der Waals surface area contributed by atoms with Gasteiger partial charge in [0.15, 0.2) is 10.9 Å². The maximum absolute atomic E-state index is 12.9. The second-order valence-electron chi connectivity index (χ2n) is 4.87. The van der Waals surface area contributed by atoms with E-state index < -0.39 is 0 Å². The standard InChI is InChI=1S/C17H14FN3O2S/c1-23-16-5-3-2-4-14(16)21-11-19-20-17(21)24-10-15(22)12-6-8-13(18)9-7-12/h2-9,11H,10H2,1H3. The fourth-order valence-corrected chi connectivity index (χ4v) is 2.98. The normalized spacial score (nSPS) is 10.6. The SMILES string of the molecule is COc1ccccc1-n1cnnc1SCC(=O)c1ccc(F)cc1. The molecule has 5 nitrogen and oxygen atoms in total. The quantitative estimate of drug-likeness (QED) is 0.507. The van der Waals surface area contributed by atoms with Crippen LogP contribution < -0.4 is 4.74 Å². The van der Waals surface area contributed by atoms with E-state index in [1.54, 1.807) is 18.0 Å². The van der Waals surface area contributed by atoms with Crippen LogP contribution in [0.3, 0.4) is 0 Å². The molecule has 0 saturated carbocycles. The second-order valence-corrected chi connectivity index (χ2v) is 5.82. The van der Waals surface area contributed by atoms with Gasteiger partial charge in [0.25, 0.3) is 0 Å². The summed E-state index contributed by atoms with van der Waals surface area (Å²) in [5.74, 6) is 0.396. The molecule has 0 aliphatic carbocycles. The molecule has 1 aromatic heterocycles. The molecule has 24 heavy (non-hydrogen) atoms. The van der Waals surface area contributed by atoms with Crippen molar-refractivity contribution < 1.29 is 13.9 Å². The van der Waals surface area contributed by atoms with Crippen molar-refractivity contribution in [1.82, 2.24) is 14.8 Å². The van der Waals surface area contributed by atoms with E-state index in [1.165, 1.54) is 36.0 Å². The molecule has 122 valence electrons. The van der Waals surface area contributed by atoms with Gasteiger partial charge in [0, 0.05) is 5.56 Å². The lowest BCUT2D eigenvalue weighted by Gasteiger charge is -2.10. The molecule has 1 heterocycles. The lowest BCUT2D eigenvalue weighted by molar-refractivity contribution is 0.102. The summed E-state index contributed by atoms with van der Waals surface area (Å²) in [7, 11) is 1.59. The number of methoxy groups -OCH3 is 1. The Hall–Kier alpha value is -2.67. The Kier molecular flexibility index (Phi) is 4.90. The van der Waals surface area contributed by atoms with Gasteiger partial charge >= 0.3 is 0 Å². The Labute approximate surface area is 142 Å². The lowest BCUT2D eigenvalue weighted by Crippen LogP contribution is -2.04. The lowest BCUT2D eigenvalue weighted by atomic mass is 10.1. The van der Waals surface area contributed by atoms with Gasteiger partial charge in [-0.1, -0.05) is 23.9 Å². The first kappa shape index (κ1) is 16.2. The van der Waals surface area contributed by atoms with Gasteiger partial charge in [0.05, 0.1) is 18.6 Å². The molecule has 7 heteroatoms. The number of Topliss-reactive ketones (excluding diaryl/α,β-unsaturated/α-hetero) is 1. The van der Waals surface area contributed by atoms with Gasteiger partial charge in [-0.2, -0.15) is 0 Å². The van der Waals surface area contributed by atoms with Crippen molar-refractivity contribution in [3.8, 4) is 11.4 Å². The van der Waals surface area contributed by atoms with Crippen molar-refractivity contribution >= 4 is 17.5 Å². The third-order valence-electron chi connectivity index (χ3n) is 3.36. The van der Waals surface area contributed by atoms with E-state index >= 15 is 0 Å². The zero-order valence-corrected chi connectivity index (χ0v) is 13.7. The minimum atomic E-state index is -0.366. The summed E-state index contributed by atoms with van der Waals surface area (Å²) < 4.78 is 20.0. The molecule has 0 atom stereocenters. The summed E-state index contributed by atoms with van der Waals surface area (Å²) in [5, 5.41) is 8.55. The van der Waals surface area contributed by atoms with E-state index in [4.69, 9.17) is 4.74 Å². The molecular weight excluding hydrogens is 329 g/mol. The first-order valence-corrected chi connectivity index (χ1v) is 8.12. The van der Waals surface area contributed by atoms with E-state index in [9.17, 15) is 9.18 Å². The third-order valence-corrected chi connectivity index (χ3v) is 4.30. The molecule has 0 bridgehead atoms. The molecule has 0 unspecified atom stereocenters. The summed E-state index contributed by atoms with van der Waals surface area (Å²) in [4.78, 5) is 12.2. The molecule has 0 saturated heterocycles. The number of hydrogen-bond donors (Lipinski definition) is 0. The predicted molar refractivity (Wildman–Crippen MR) is 89.4 cm³/mol. The molecule has 0 amide bonds. The third kappa shape index (κ3) is 3.46. The van der Waals surface area contributed by atoms with Crippen LogP contribution in [0.1, 0.15) is 10.4 Å². The number of rotatable bonds is 6. The molecule has 0 aliphatic rings. The van der Waals surface area contributed by atoms with E-state index in [1.807, 2.05) is 24.3 Å². The fraction of sp³-hybridized carbons (Fsp3) is 0.118. The van der Waals surface area contributed by atoms with E-state index in [0.29, 0.717) is 16.5 Å². The second kappa shape index (κ2) is 7.27. The summed E-state index contributed by atoms with van der Waals surface area (Å²) in [6.45, 7) is 0. The first-order valence-electron chi connectivity index (χ1n) is 7.14. The minimum absolute atomic E-state index is 0.102. The molecule has 0 aliphatic heterocycles. The topological polar surface area (TPSA) is 57.0 Å². The van der Waals surface area contributed by atoms with Crippen LogP contribution in [-0.2, 0) is 0 Å².